The lowest BCUT2D eigenvalue weighted by molar-refractivity contribution is -0.270. The van der Waals surface area contributed by atoms with Gasteiger partial charge in [0.05, 0.1) is 13.2 Å². The summed E-state index contributed by atoms with van der Waals surface area (Å²) in [5, 5.41) is 19.6. The van der Waals surface area contributed by atoms with Gasteiger partial charge in [0.25, 0.3) is 0 Å². The average molecular weight is 254 g/mol. The third-order valence-electron chi connectivity index (χ3n) is 2.97. The van der Waals surface area contributed by atoms with Crippen molar-refractivity contribution in [1.82, 2.24) is 0 Å². The zero-order valence-corrected chi connectivity index (χ0v) is 10.2. The standard InChI is InChI=1S/C13H18O5/c1-16-13-12(15)11(14)10(8-18-13)17-7-9-5-3-2-4-6-9/h2-6,10-15H,7-8H2,1H3/t10-,11-,12+,13-/m0/s1. The van der Waals surface area contributed by atoms with Gasteiger partial charge in [0.15, 0.2) is 6.29 Å². The molecule has 1 aromatic carbocycles. The fourth-order valence-corrected chi connectivity index (χ4v) is 1.90. The van der Waals surface area contributed by atoms with E-state index in [4.69, 9.17) is 14.2 Å². The van der Waals surface area contributed by atoms with Gasteiger partial charge in [-0.25, -0.2) is 0 Å². The van der Waals surface area contributed by atoms with E-state index in [1.54, 1.807) is 0 Å². The van der Waals surface area contributed by atoms with Gasteiger partial charge >= 0.3 is 0 Å². The normalized spacial score (nSPS) is 32.4. The summed E-state index contributed by atoms with van der Waals surface area (Å²) >= 11 is 0. The van der Waals surface area contributed by atoms with E-state index in [1.807, 2.05) is 30.3 Å². The first-order chi connectivity index (χ1) is 8.72. The molecule has 1 aliphatic rings. The molecule has 1 aromatic rings. The molecular formula is C13H18O5. The minimum Gasteiger partial charge on any atom is -0.387 e. The number of hydrogen-bond acceptors (Lipinski definition) is 5. The molecule has 0 aliphatic carbocycles. The highest BCUT2D eigenvalue weighted by molar-refractivity contribution is 5.13. The highest BCUT2D eigenvalue weighted by Gasteiger charge is 2.39. The lowest BCUT2D eigenvalue weighted by Crippen LogP contribution is -2.54. The first-order valence-corrected chi connectivity index (χ1v) is 5.88. The van der Waals surface area contributed by atoms with Gasteiger partial charge in [-0.1, -0.05) is 30.3 Å². The second-order valence-corrected chi connectivity index (χ2v) is 4.25. The van der Waals surface area contributed by atoms with Gasteiger partial charge in [0, 0.05) is 7.11 Å². The first kappa shape index (κ1) is 13.5. The average Bonchev–Trinajstić information content (AvgIpc) is 2.42. The van der Waals surface area contributed by atoms with Crippen LogP contribution in [0.3, 0.4) is 0 Å². The number of rotatable bonds is 4. The predicted octanol–water partition coefficient (Wildman–Crippen LogP) is 0.296. The molecule has 18 heavy (non-hydrogen) atoms. The molecule has 0 spiro atoms. The van der Waals surface area contributed by atoms with Crippen molar-refractivity contribution >= 4 is 0 Å². The van der Waals surface area contributed by atoms with Crippen molar-refractivity contribution in [2.75, 3.05) is 13.7 Å². The maximum absolute atomic E-state index is 9.88. The van der Waals surface area contributed by atoms with Crippen LogP contribution < -0.4 is 0 Å². The Morgan fingerprint density at radius 1 is 1.22 bits per heavy atom. The molecule has 0 amide bonds. The van der Waals surface area contributed by atoms with Crippen molar-refractivity contribution in [2.45, 2.75) is 31.2 Å². The molecule has 5 nitrogen and oxygen atoms in total. The Morgan fingerprint density at radius 2 is 1.94 bits per heavy atom. The van der Waals surface area contributed by atoms with Crippen LogP contribution in [0.5, 0.6) is 0 Å². The Labute approximate surface area is 106 Å². The van der Waals surface area contributed by atoms with E-state index >= 15 is 0 Å². The van der Waals surface area contributed by atoms with Crippen LogP contribution in [0, 0.1) is 0 Å². The summed E-state index contributed by atoms with van der Waals surface area (Å²) in [6.07, 6.45) is -3.44. The Bertz CT molecular complexity index is 356. The van der Waals surface area contributed by atoms with E-state index in [0.717, 1.165) is 5.56 Å². The Morgan fingerprint density at radius 3 is 2.61 bits per heavy atom. The van der Waals surface area contributed by atoms with Gasteiger partial charge in [-0.15, -0.1) is 0 Å². The SMILES string of the molecule is CO[C@H]1OC[C@H](OCc2ccccc2)[C@H](O)[C@H]1O. The van der Waals surface area contributed by atoms with Crippen molar-refractivity contribution in [3.05, 3.63) is 35.9 Å². The summed E-state index contributed by atoms with van der Waals surface area (Å²) < 4.78 is 15.7. The van der Waals surface area contributed by atoms with E-state index in [0.29, 0.717) is 6.61 Å². The molecule has 1 fully saturated rings. The molecule has 0 unspecified atom stereocenters. The maximum Gasteiger partial charge on any atom is 0.185 e. The van der Waals surface area contributed by atoms with Crippen molar-refractivity contribution in [3.63, 3.8) is 0 Å². The topological polar surface area (TPSA) is 68.2 Å². The molecule has 4 atom stereocenters. The maximum atomic E-state index is 9.88. The van der Waals surface area contributed by atoms with E-state index in [2.05, 4.69) is 0 Å². The van der Waals surface area contributed by atoms with Crippen LogP contribution in [0.15, 0.2) is 30.3 Å². The zero-order chi connectivity index (χ0) is 13.0. The summed E-state index contributed by atoms with van der Waals surface area (Å²) in [4.78, 5) is 0. The Balaban J connectivity index is 1.87. The van der Waals surface area contributed by atoms with Crippen LogP contribution in [0.4, 0.5) is 0 Å². The van der Waals surface area contributed by atoms with Crippen LogP contribution in [-0.2, 0) is 20.8 Å². The highest BCUT2D eigenvalue weighted by Crippen LogP contribution is 2.19. The lowest BCUT2D eigenvalue weighted by Gasteiger charge is -2.36. The largest absolute Gasteiger partial charge is 0.387 e. The zero-order valence-electron chi connectivity index (χ0n) is 10.2. The molecule has 2 rings (SSSR count). The highest BCUT2D eigenvalue weighted by atomic mass is 16.7. The van der Waals surface area contributed by atoms with E-state index in [-0.39, 0.29) is 6.61 Å². The van der Waals surface area contributed by atoms with Gasteiger partial charge in [-0.3, -0.25) is 0 Å². The molecular weight excluding hydrogens is 236 g/mol. The quantitative estimate of drug-likeness (QED) is 0.808. The van der Waals surface area contributed by atoms with Crippen molar-refractivity contribution < 1.29 is 24.4 Å². The molecule has 1 saturated heterocycles. The fourth-order valence-electron chi connectivity index (χ4n) is 1.90. The number of aliphatic hydroxyl groups excluding tert-OH is 2. The van der Waals surface area contributed by atoms with Gasteiger partial charge in [-0.05, 0) is 5.56 Å². The Hall–Kier alpha value is -0.980. The fraction of sp³-hybridized carbons (Fsp3) is 0.538. The number of aliphatic hydroxyl groups is 2. The smallest absolute Gasteiger partial charge is 0.185 e. The second-order valence-electron chi connectivity index (χ2n) is 4.25. The monoisotopic (exact) mass is 254 g/mol. The van der Waals surface area contributed by atoms with Gasteiger partial charge in [-0.2, -0.15) is 0 Å². The van der Waals surface area contributed by atoms with Gasteiger partial charge in [0.2, 0.25) is 0 Å². The summed E-state index contributed by atoms with van der Waals surface area (Å²) in [5.41, 5.74) is 1.01. The van der Waals surface area contributed by atoms with E-state index in [9.17, 15) is 10.2 Å². The number of methoxy groups -OCH3 is 1. The third-order valence-corrected chi connectivity index (χ3v) is 2.97. The first-order valence-electron chi connectivity index (χ1n) is 5.88. The van der Waals surface area contributed by atoms with Crippen LogP contribution in [-0.4, -0.2) is 48.5 Å². The predicted molar refractivity (Wildman–Crippen MR) is 63.8 cm³/mol. The summed E-state index contributed by atoms with van der Waals surface area (Å²) in [6, 6.07) is 9.63. The molecule has 5 heteroatoms. The minimum absolute atomic E-state index is 0.198. The van der Waals surface area contributed by atoms with Crippen LogP contribution >= 0.6 is 0 Å². The van der Waals surface area contributed by atoms with E-state index in [1.165, 1.54) is 7.11 Å². The van der Waals surface area contributed by atoms with Crippen LogP contribution in [0.25, 0.3) is 0 Å². The van der Waals surface area contributed by atoms with Crippen molar-refractivity contribution in [2.24, 2.45) is 0 Å². The van der Waals surface area contributed by atoms with Gasteiger partial charge in [0.1, 0.15) is 18.3 Å². The molecule has 100 valence electrons. The van der Waals surface area contributed by atoms with Gasteiger partial charge < -0.3 is 24.4 Å². The number of benzene rings is 1. The minimum atomic E-state index is -1.09. The molecule has 0 radical (unpaired) electrons. The van der Waals surface area contributed by atoms with Crippen LogP contribution in [0.2, 0.25) is 0 Å². The molecule has 0 saturated carbocycles. The lowest BCUT2D eigenvalue weighted by atomic mass is 10.1. The molecule has 1 aliphatic heterocycles. The third kappa shape index (κ3) is 3.07. The van der Waals surface area contributed by atoms with Crippen LogP contribution in [0.1, 0.15) is 5.56 Å². The summed E-state index contributed by atoms with van der Waals surface area (Å²) in [5.74, 6) is 0. The summed E-state index contributed by atoms with van der Waals surface area (Å²) in [7, 11) is 1.42. The van der Waals surface area contributed by atoms with E-state index < -0.39 is 24.6 Å². The molecule has 2 N–H and O–H groups in total. The molecule has 1 heterocycles. The second kappa shape index (κ2) is 6.26. The van der Waals surface area contributed by atoms with Crippen molar-refractivity contribution in [1.29, 1.82) is 0 Å². The summed E-state index contributed by atoms with van der Waals surface area (Å²) in [6.45, 7) is 0.569. The molecule has 0 bridgehead atoms. The van der Waals surface area contributed by atoms with Crippen molar-refractivity contribution in [3.8, 4) is 0 Å². The molecule has 0 aromatic heterocycles. The number of hydrogen-bond donors (Lipinski definition) is 2. The number of ether oxygens (including phenoxy) is 3. The Kier molecular flexibility index (Phi) is 4.68.